The lowest BCUT2D eigenvalue weighted by Crippen LogP contribution is -2.01. The molecule has 0 bridgehead atoms. The fraction of sp³-hybridized carbons (Fsp3) is 0.762. The van der Waals surface area contributed by atoms with E-state index in [4.69, 9.17) is 0 Å². The van der Waals surface area contributed by atoms with Gasteiger partial charge in [0.05, 0.1) is 7.11 Å². The van der Waals surface area contributed by atoms with Gasteiger partial charge >= 0.3 is 5.97 Å². The van der Waals surface area contributed by atoms with Crippen LogP contribution in [0, 0.1) is 23.7 Å². The summed E-state index contributed by atoms with van der Waals surface area (Å²) >= 11 is 0. The maximum atomic E-state index is 11.0. The second-order valence-electron chi connectivity index (χ2n) is 6.86. The molecular weight excluding hydrogens is 300 g/mol. The highest BCUT2D eigenvalue weighted by Gasteiger charge is 2.34. The average molecular weight is 335 g/mol. The van der Waals surface area contributed by atoms with E-state index in [1.54, 1.807) is 0 Å². The summed E-state index contributed by atoms with van der Waals surface area (Å²) in [4.78, 5) is 11.0. The Morgan fingerprint density at radius 2 is 2.04 bits per heavy atom. The van der Waals surface area contributed by atoms with Crippen LogP contribution in [-0.4, -0.2) is 24.3 Å². The number of esters is 1. The van der Waals surface area contributed by atoms with Crippen LogP contribution in [0.25, 0.3) is 0 Å². The largest absolute Gasteiger partial charge is 0.469 e. The lowest BCUT2D eigenvalue weighted by molar-refractivity contribution is -0.140. The highest BCUT2D eigenvalue weighted by molar-refractivity contribution is 5.68. The van der Waals surface area contributed by atoms with Gasteiger partial charge in [0, 0.05) is 6.42 Å². The summed E-state index contributed by atoms with van der Waals surface area (Å²) in [7, 11) is 1.45. The lowest BCUT2D eigenvalue weighted by atomic mass is 10.1. The van der Waals surface area contributed by atoms with Gasteiger partial charge in [-0.3, -0.25) is 4.79 Å². The van der Waals surface area contributed by atoms with Crippen LogP contribution >= 0.6 is 0 Å². The number of hydrogen-bond acceptors (Lipinski definition) is 3. The van der Waals surface area contributed by atoms with Gasteiger partial charge < -0.3 is 9.84 Å². The average Bonchev–Trinajstić information content (AvgIpc) is 3.33. The Labute approximate surface area is 147 Å². The minimum atomic E-state index is -0.473. The summed E-state index contributed by atoms with van der Waals surface area (Å²) in [5.74, 6) is 7.47. The maximum Gasteiger partial charge on any atom is 0.305 e. The first-order chi connectivity index (χ1) is 11.7. The molecule has 1 N–H and O–H groups in total. The highest BCUT2D eigenvalue weighted by Crippen LogP contribution is 2.45. The first-order valence-electron chi connectivity index (χ1n) is 9.58. The van der Waals surface area contributed by atoms with E-state index in [1.165, 1.54) is 39.2 Å². The molecule has 0 amide bonds. The monoisotopic (exact) mass is 334 g/mol. The van der Waals surface area contributed by atoms with Crippen molar-refractivity contribution in [3.63, 3.8) is 0 Å². The number of carbonyl (C=O) groups is 1. The zero-order valence-electron chi connectivity index (χ0n) is 15.4. The predicted octanol–water partition coefficient (Wildman–Crippen LogP) is 4.64. The molecule has 136 valence electrons. The standard InChI is InChI=1S/C21H34O3/c1-3-4-7-14-20(22)15-9-6-5-8-12-18-17-19(18)13-10-11-16-21(23)24-2/h5-6,18-20,22H,3-4,7-8,10-14,16-17H2,1-2H3/t18-,19+,20-/m0/s1. The number of aliphatic hydroxyl groups excluding tert-OH is 1. The van der Waals surface area contributed by atoms with E-state index in [-0.39, 0.29) is 5.97 Å². The van der Waals surface area contributed by atoms with Crippen molar-refractivity contribution in [1.82, 2.24) is 0 Å². The second kappa shape index (κ2) is 13.1. The van der Waals surface area contributed by atoms with Crippen LogP contribution in [0.2, 0.25) is 0 Å². The SMILES string of the molecule is CCCCC[C@H](O)C#CC=CCC[C@H]1C[C@H]1CCCCC(=O)OC. The van der Waals surface area contributed by atoms with Crippen molar-refractivity contribution >= 4 is 5.97 Å². The van der Waals surface area contributed by atoms with Crippen LogP contribution in [0.5, 0.6) is 0 Å². The van der Waals surface area contributed by atoms with Crippen molar-refractivity contribution in [3.8, 4) is 11.8 Å². The van der Waals surface area contributed by atoms with E-state index >= 15 is 0 Å². The Hall–Kier alpha value is -1.27. The summed E-state index contributed by atoms with van der Waals surface area (Å²) in [5.41, 5.74) is 0. The fourth-order valence-electron chi connectivity index (χ4n) is 3.05. The summed E-state index contributed by atoms with van der Waals surface area (Å²) in [5, 5.41) is 9.68. The van der Waals surface area contributed by atoms with Gasteiger partial charge in [0.1, 0.15) is 6.10 Å². The summed E-state index contributed by atoms with van der Waals surface area (Å²) in [6, 6.07) is 0. The molecule has 0 spiro atoms. The van der Waals surface area contributed by atoms with Crippen molar-refractivity contribution < 1.29 is 14.6 Å². The molecule has 0 aliphatic heterocycles. The summed E-state index contributed by atoms with van der Waals surface area (Å²) in [6.07, 6.45) is 15.2. The zero-order valence-corrected chi connectivity index (χ0v) is 15.4. The minimum absolute atomic E-state index is 0.0934. The van der Waals surface area contributed by atoms with Gasteiger partial charge in [-0.15, -0.1) is 0 Å². The maximum absolute atomic E-state index is 11.0. The first-order valence-corrected chi connectivity index (χ1v) is 9.58. The number of aliphatic hydroxyl groups is 1. The number of unbranched alkanes of at least 4 members (excludes halogenated alkanes) is 3. The van der Waals surface area contributed by atoms with Crippen LogP contribution in [0.15, 0.2) is 12.2 Å². The molecule has 0 saturated heterocycles. The molecular formula is C21H34O3. The fourth-order valence-corrected chi connectivity index (χ4v) is 3.05. The van der Waals surface area contributed by atoms with Crippen molar-refractivity contribution in [2.24, 2.45) is 11.8 Å². The van der Waals surface area contributed by atoms with Gasteiger partial charge in [0.25, 0.3) is 0 Å². The second-order valence-corrected chi connectivity index (χ2v) is 6.86. The number of allylic oxidation sites excluding steroid dienone is 2. The first kappa shape index (κ1) is 20.8. The molecule has 0 heterocycles. The zero-order chi connectivity index (χ0) is 17.6. The van der Waals surface area contributed by atoms with Gasteiger partial charge in [0.15, 0.2) is 0 Å². The van der Waals surface area contributed by atoms with Gasteiger partial charge in [-0.2, -0.15) is 0 Å². The molecule has 3 nitrogen and oxygen atoms in total. The van der Waals surface area contributed by atoms with E-state index in [0.29, 0.717) is 6.42 Å². The Morgan fingerprint density at radius 3 is 2.79 bits per heavy atom. The number of hydrogen-bond donors (Lipinski definition) is 1. The van der Waals surface area contributed by atoms with E-state index in [2.05, 4.69) is 29.6 Å². The van der Waals surface area contributed by atoms with Crippen LogP contribution < -0.4 is 0 Å². The van der Waals surface area contributed by atoms with Crippen LogP contribution in [0.3, 0.4) is 0 Å². The molecule has 24 heavy (non-hydrogen) atoms. The van der Waals surface area contributed by atoms with Crippen molar-refractivity contribution in [1.29, 1.82) is 0 Å². The molecule has 0 aromatic rings. The molecule has 0 aromatic carbocycles. The van der Waals surface area contributed by atoms with Crippen LogP contribution in [-0.2, 0) is 9.53 Å². The van der Waals surface area contributed by atoms with E-state index in [9.17, 15) is 9.90 Å². The van der Waals surface area contributed by atoms with E-state index in [1.807, 2.05) is 6.08 Å². The number of carbonyl (C=O) groups excluding carboxylic acids is 1. The Bertz CT molecular complexity index is 430. The lowest BCUT2D eigenvalue weighted by Gasteiger charge is -2.00. The third kappa shape index (κ3) is 10.5. The van der Waals surface area contributed by atoms with Crippen molar-refractivity contribution in [2.45, 2.75) is 83.7 Å². The molecule has 1 saturated carbocycles. The van der Waals surface area contributed by atoms with Crippen molar-refractivity contribution in [2.75, 3.05) is 7.11 Å². The van der Waals surface area contributed by atoms with Crippen LogP contribution in [0.4, 0.5) is 0 Å². The summed E-state index contributed by atoms with van der Waals surface area (Å²) < 4.78 is 4.65. The third-order valence-corrected chi connectivity index (χ3v) is 4.74. The Kier molecular flexibility index (Phi) is 11.3. The number of ether oxygens (including phenoxy) is 1. The summed E-state index contributed by atoms with van der Waals surface area (Å²) in [6.45, 7) is 2.16. The van der Waals surface area contributed by atoms with Crippen LogP contribution in [0.1, 0.15) is 77.6 Å². The molecule has 3 atom stereocenters. The quantitative estimate of drug-likeness (QED) is 0.321. The molecule has 1 rings (SSSR count). The predicted molar refractivity (Wildman–Crippen MR) is 98.4 cm³/mol. The Morgan fingerprint density at radius 1 is 1.25 bits per heavy atom. The molecule has 0 unspecified atom stereocenters. The van der Waals surface area contributed by atoms with Gasteiger partial charge in [0.2, 0.25) is 0 Å². The molecule has 0 radical (unpaired) electrons. The minimum Gasteiger partial charge on any atom is -0.469 e. The van der Waals surface area contributed by atoms with E-state index in [0.717, 1.165) is 43.9 Å². The molecule has 0 aromatic heterocycles. The third-order valence-electron chi connectivity index (χ3n) is 4.74. The van der Waals surface area contributed by atoms with Gasteiger partial charge in [-0.05, 0) is 56.4 Å². The van der Waals surface area contributed by atoms with Gasteiger partial charge in [-0.1, -0.05) is 50.5 Å². The van der Waals surface area contributed by atoms with Gasteiger partial charge in [-0.25, -0.2) is 0 Å². The number of rotatable bonds is 12. The molecule has 1 aliphatic carbocycles. The number of methoxy groups -OCH3 is 1. The normalized spacial score (nSPS) is 20.5. The topological polar surface area (TPSA) is 46.5 Å². The molecule has 3 heteroatoms. The van der Waals surface area contributed by atoms with E-state index < -0.39 is 6.10 Å². The molecule has 1 aliphatic rings. The highest BCUT2D eigenvalue weighted by atomic mass is 16.5. The van der Waals surface area contributed by atoms with Crippen molar-refractivity contribution in [3.05, 3.63) is 12.2 Å². The smallest absolute Gasteiger partial charge is 0.305 e. The molecule has 1 fully saturated rings. The Balaban J connectivity index is 1.98.